The molecular weight excluding hydrogens is 242 g/mol. The van der Waals surface area contributed by atoms with Gasteiger partial charge in [0, 0.05) is 38.7 Å². The minimum absolute atomic E-state index is 0.0734. The van der Waals surface area contributed by atoms with Crippen LogP contribution < -0.4 is 10.6 Å². The molecule has 0 aliphatic carbocycles. The van der Waals surface area contributed by atoms with E-state index in [1.54, 1.807) is 13.2 Å². The highest BCUT2D eigenvalue weighted by Gasteiger charge is 2.16. The van der Waals surface area contributed by atoms with Crippen molar-refractivity contribution in [1.29, 1.82) is 0 Å². The van der Waals surface area contributed by atoms with Crippen LogP contribution in [0.1, 0.15) is 28.9 Å². The van der Waals surface area contributed by atoms with Crippen molar-refractivity contribution in [3.05, 3.63) is 23.5 Å². The summed E-state index contributed by atoms with van der Waals surface area (Å²) >= 11 is 0. The predicted molar refractivity (Wildman–Crippen MR) is 74.4 cm³/mol. The van der Waals surface area contributed by atoms with Crippen LogP contribution in [0.25, 0.3) is 0 Å². The summed E-state index contributed by atoms with van der Waals surface area (Å²) in [5.74, 6) is 0.510. The fourth-order valence-electron chi connectivity index (χ4n) is 2.24. The first-order valence-corrected chi connectivity index (χ1v) is 6.71. The lowest BCUT2D eigenvalue weighted by Gasteiger charge is -2.11. The van der Waals surface area contributed by atoms with Gasteiger partial charge >= 0.3 is 0 Å². The number of rotatable bonds is 5. The topological polar surface area (TPSA) is 63.2 Å². The minimum Gasteiger partial charge on any atom is -0.387 e. The van der Waals surface area contributed by atoms with Crippen LogP contribution in [0.15, 0.2) is 12.3 Å². The van der Waals surface area contributed by atoms with Crippen molar-refractivity contribution in [2.45, 2.75) is 19.8 Å². The Kier molecular flexibility index (Phi) is 4.74. The van der Waals surface area contributed by atoms with Crippen molar-refractivity contribution >= 4 is 11.6 Å². The Morgan fingerprint density at radius 3 is 3.11 bits per heavy atom. The first-order chi connectivity index (χ1) is 9.20. The van der Waals surface area contributed by atoms with Crippen LogP contribution in [-0.4, -0.2) is 37.7 Å². The molecule has 0 spiro atoms. The van der Waals surface area contributed by atoms with Gasteiger partial charge in [0.2, 0.25) is 0 Å². The summed E-state index contributed by atoms with van der Waals surface area (Å²) in [7, 11) is 1.81. The Morgan fingerprint density at radius 1 is 1.58 bits per heavy atom. The molecule has 1 atom stereocenters. The molecular formula is C14H21N3O2. The van der Waals surface area contributed by atoms with Gasteiger partial charge in [0.25, 0.3) is 5.91 Å². The SMILES string of the molecule is CNc1cc(C)ncc1C(=O)NCCC1CCOC1. The average Bonchev–Trinajstić information content (AvgIpc) is 2.91. The number of ether oxygens (including phenoxy) is 1. The lowest BCUT2D eigenvalue weighted by Crippen LogP contribution is -2.27. The summed E-state index contributed by atoms with van der Waals surface area (Å²) in [6.45, 7) is 4.26. The van der Waals surface area contributed by atoms with Crippen LogP contribution in [0.2, 0.25) is 0 Å². The van der Waals surface area contributed by atoms with E-state index >= 15 is 0 Å². The lowest BCUT2D eigenvalue weighted by molar-refractivity contribution is 0.0951. The number of amides is 1. The molecule has 0 radical (unpaired) electrons. The maximum atomic E-state index is 12.1. The Balaban J connectivity index is 1.88. The lowest BCUT2D eigenvalue weighted by atomic mass is 10.1. The van der Waals surface area contributed by atoms with Gasteiger partial charge in [-0.25, -0.2) is 0 Å². The van der Waals surface area contributed by atoms with Crippen LogP contribution in [-0.2, 0) is 4.74 Å². The van der Waals surface area contributed by atoms with Crippen molar-refractivity contribution in [1.82, 2.24) is 10.3 Å². The second-order valence-electron chi connectivity index (χ2n) is 4.90. The summed E-state index contributed by atoms with van der Waals surface area (Å²) in [6.07, 6.45) is 3.69. The van der Waals surface area contributed by atoms with E-state index in [0.717, 1.165) is 37.4 Å². The third kappa shape index (κ3) is 3.67. The zero-order chi connectivity index (χ0) is 13.7. The van der Waals surface area contributed by atoms with Crippen molar-refractivity contribution in [3.63, 3.8) is 0 Å². The predicted octanol–water partition coefficient (Wildman–Crippen LogP) is 1.59. The highest BCUT2D eigenvalue weighted by Crippen LogP contribution is 2.17. The molecule has 104 valence electrons. The molecule has 2 heterocycles. The molecule has 0 saturated carbocycles. The van der Waals surface area contributed by atoms with Gasteiger partial charge in [0.05, 0.1) is 11.3 Å². The highest BCUT2D eigenvalue weighted by atomic mass is 16.5. The van der Waals surface area contributed by atoms with E-state index in [1.807, 2.05) is 13.0 Å². The highest BCUT2D eigenvalue weighted by molar-refractivity contribution is 5.99. The number of nitrogens with zero attached hydrogens (tertiary/aromatic N) is 1. The Hall–Kier alpha value is -1.62. The van der Waals surface area contributed by atoms with Crippen molar-refractivity contribution < 1.29 is 9.53 Å². The number of hydrogen-bond acceptors (Lipinski definition) is 4. The van der Waals surface area contributed by atoms with Crippen molar-refractivity contribution in [2.24, 2.45) is 5.92 Å². The molecule has 1 amide bonds. The van der Waals surface area contributed by atoms with E-state index < -0.39 is 0 Å². The fourth-order valence-corrected chi connectivity index (χ4v) is 2.24. The Bertz CT molecular complexity index is 442. The normalized spacial score (nSPS) is 18.3. The van der Waals surface area contributed by atoms with Gasteiger partial charge in [0.15, 0.2) is 0 Å². The fraction of sp³-hybridized carbons (Fsp3) is 0.571. The zero-order valence-corrected chi connectivity index (χ0v) is 11.5. The quantitative estimate of drug-likeness (QED) is 0.847. The van der Waals surface area contributed by atoms with E-state index in [2.05, 4.69) is 15.6 Å². The van der Waals surface area contributed by atoms with E-state index in [4.69, 9.17) is 4.74 Å². The largest absolute Gasteiger partial charge is 0.387 e. The summed E-state index contributed by atoms with van der Waals surface area (Å²) in [5.41, 5.74) is 2.30. The molecule has 2 rings (SSSR count). The average molecular weight is 263 g/mol. The molecule has 19 heavy (non-hydrogen) atoms. The van der Waals surface area contributed by atoms with E-state index in [9.17, 15) is 4.79 Å². The van der Waals surface area contributed by atoms with Crippen LogP contribution >= 0.6 is 0 Å². The van der Waals surface area contributed by atoms with Crippen molar-refractivity contribution in [3.8, 4) is 0 Å². The number of aromatic nitrogens is 1. The van der Waals surface area contributed by atoms with E-state index in [-0.39, 0.29) is 5.91 Å². The first-order valence-electron chi connectivity index (χ1n) is 6.71. The summed E-state index contributed by atoms with van der Waals surface area (Å²) in [4.78, 5) is 16.3. The molecule has 2 N–H and O–H groups in total. The first kappa shape index (κ1) is 13.8. The van der Waals surface area contributed by atoms with E-state index in [1.165, 1.54) is 0 Å². The van der Waals surface area contributed by atoms with Gasteiger partial charge in [0.1, 0.15) is 0 Å². The molecule has 0 aromatic carbocycles. The van der Waals surface area contributed by atoms with Gasteiger partial charge in [-0.2, -0.15) is 0 Å². The van der Waals surface area contributed by atoms with Gasteiger partial charge in [-0.1, -0.05) is 0 Å². The summed E-state index contributed by atoms with van der Waals surface area (Å²) < 4.78 is 5.32. The standard InChI is InChI=1S/C14H21N3O2/c1-10-7-13(15-2)12(8-17-10)14(18)16-5-3-11-4-6-19-9-11/h7-8,11H,3-6,9H2,1-2H3,(H,15,17)(H,16,18). The Morgan fingerprint density at radius 2 is 2.42 bits per heavy atom. The third-order valence-corrected chi connectivity index (χ3v) is 3.42. The minimum atomic E-state index is -0.0734. The number of carbonyl (C=O) groups excluding carboxylic acids is 1. The molecule has 5 heteroatoms. The number of aryl methyl sites for hydroxylation is 1. The molecule has 1 saturated heterocycles. The van der Waals surface area contributed by atoms with Crippen molar-refractivity contribution in [2.75, 3.05) is 32.1 Å². The molecule has 1 fully saturated rings. The molecule has 1 aromatic rings. The second kappa shape index (κ2) is 6.52. The van der Waals surface area contributed by atoms with Crippen LogP contribution in [0.4, 0.5) is 5.69 Å². The molecule has 1 aliphatic rings. The van der Waals surface area contributed by atoms with Crippen LogP contribution in [0.5, 0.6) is 0 Å². The molecule has 0 bridgehead atoms. The van der Waals surface area contributed by atoms with Crippen LogP contribution in [0, 0.1) is 12.8 Å². The summed E-state index contributed by atoms with van der Waals surface area (Å²) in [5, 5.41) is 5.97. The number of anilines is 1. The molecule has 1 unspecified atom stereocenters. The maximum absolute atomic E-state index is 12.1. The number of nitrogens with one attached hydrogen (secondary N) is 2. The number of pyridine rings is 1. The van der Waals surface area contributed by atoms with Gasteiger partial charge in [-0.3, -0.25) is 9.78 Å². The summed E-state index contributed by atoms with van der Waals surface area (Å²) in [6, 6.07) is 1.87. The number of carbonyl (C=O) groups is 1. The van der Waals surface area contributed by atoms with Gasteiger partial charge in [-0.05, 0) is 31.7 Å². The van der Waals surface area contributed by atoms with Gasteiger partial charge in [-0.15, -0.1) is 0 Å². The van der Waals surface area contributed by atoms with Gasteiger partial charge < -0.3 is 15.4 Å². The van der Waals surface area contributed by atoms with E-state index in [0.29, 0.717) is 18.0 Å². The Labute approximate surface area is 113 Å². The molecule has 5 nitrogen and oxygen atoms in total. The molecule has 1 aliphatic heterocycles. The monoisotopic (exact) mass is 263 g/mol. The zero-order valence-electron chi connectivity index (χ0n) is 11.5. The second-order valence-corrected chi connectivity index (χ2v) is 4.90. The smallest absolute Gasteiger partial charge is 0.254 e. The maximum Gasteiger partial charge on any atom is 0.254 e. The number of hydrogen-bond donors (Lipinski definition) is 2. The van der Waals surface area contributed by atoms with Crippen LogP contribution in [0.3, 0.4) is 0 Å². The third-order valence-electron chi connectivity index (χ3n) is 3.42. The molecule has 1 aromatic heterocycles.